The van der Waals surface area contributed by atoms with Gasteiger partial charge in [0, 0.05) is 24.5 Å². The molecule has 3 N–H and O–H groups in total. The lowest BCUT2D eigenvalue weighted by Crippen LogP contribution is -2.18. The minimum atomic E-state index is -0.582. The van der Waals surface area contributed by atoms with Gasteiger partial charge in [-0.25, -0.2) is 4.98 Å². The van der Waals surface area contributed by atoms with Gasteiger partial charge < -0.3 is 15.6 Å². The van der Waals surface area contributed by atoms with Crippen LogP contribution in [-0.2, 0) is 6.54 Å². The first kappa shape index (κ1) is 15.5. The quantitative estimate of drug-likeness (QED) is 0.755. The molecule has 0 spiro atoms. The highest BCUT2D eigenvalue weighted by Gasteiger charge is 2.11. The molecule has 120 valence electrons. The van der Waals surface area contributed by atoms with Crippen LogP contribution in [0.4, 0.5) is 5.69 Å². The summed E-state index contributed by atoms with van der Waals surface area (Å²) in [5, 5.41) is 2.72. The Hall–Kier alpha value is -3.41. The van der Waals surface area contributed by atoms with Crippen molar-refractivity contribution in [2.75, 3.05) is 5.32 Å². The number of primary amides is 1. The van der Waals surface area contributed by atoms with E-state index < -0.39 is 5.91 Å². The Bertz CT molecular complexity index is 855. The summed E-state index contributed by atoms with van der Waals surface area (Å²) in [5.41, 5.74) is 7.56. The molecule has 3 aromatic rings. The molecule has 0 unspecified atom stereocenters. The van der Waals surface area contributed by atoms with Gasteiger partial charge in [0.25, 0.3) is 11.8 Å². The second-order valence-corrected chi connectivity index (χ2v) is 5.30. The molecule has 2 amide bonds. The van der Waals surface area contributed by atoms with Crippen molar-refractivity contribution in [2.45, 2.75) is 6.54 Å². The second kappa shape index (κ2) is 6.78. The van der Waals surface area contributed by atoms with E-state index in [0.717, 1.165) is 5.56 Å². The number of anilines is 1. The van der Waals surface area contributed by atoms with Crippen LogP contribution >= 0.6 is 0 Å². The molecule has 3 rings (SSSR count). The summed E-state index contributed by atoms with van der Waals surface area (Å²) >= 11 is 0. The highest BCUT2D eigenvalue weighted by atomic mass is 16.2. The SMILES string of the molecule is NC(=O)c1ccccc1NC(=O)c1ccc(Cn2ccnc2)cc1. The molecule has 2 aromatic carbocycles. The van der Waals surface area contributed by atoms with Crippen LogP contribution in [0.5, 0.6) is 0 Å². The number of para-hydroxylation sites is 1. The average Bonchev–Trinajstić information content (AvgIpc) is 3.09. The fourth-order valence-corrected chi connectivity index (χ4v) is 2.35. The molecule has 0 radical (unpaired) electrons. The molecule has 6 heteroatoms. The normalized spacial score (nSPS) is 10.3. The number of carbonyl (C=O) groups excluding carboxylic acids is 2. The van der Waals surface area contributed by atoms with Gasteiger partial charge in [-0.2, -0.15) is 0 Å². The molecule has 0 saturated carbocycles. The van der Waals surface area contributed by atoms with E-state index in [0.29, 0.717) is 17.8 Å². The molecule has 0 bridgehead atoms. The van der Waals surface area contributed by atoms with Crippen molar-refractivity contribution in [1.29, 1.82) is 0 Å². The predicted molar refractivity (Wildman–Crippen MR) is 90.7 cm³/mol. The molecule has 0 aliphatic rings. The topological polar surface area (TPSA) is 90.0 Å². The molecule has 6 nitrogen and oxygen atoms in total. The third-order valence-electron chi connectivity index (χ3n) is 3.58. The zero-order valence-electron chi connectivity index (χ0n) is 12.8. The maximum Gasteiger partial charge on any atom is 0.255 e. The van der Waals surface area contributed by atoms with E-state index in [9.17, 15) is 9.59 Å². The van der Waals surface area contributed by atoms with Gasteiger partial charge in [-0.1, -0.05) is 24.3 Å². The molecule has 0 aliphatic carbocycles. The number of rotatable bonds is 5. The number of imidazole rings is 1. The number of nitrogens with one attached hydrogen (secondary N) is 1. The van der Waals surface area contributed by atoms with Gasteiger partial charge in [-0.15, -0.1) is 0 Å². The summed E-state index contributed by atoms with van der Waals surface area (Å²) in [5.74, 6) is -0.875. The minimum Gasteiger partial charge on any atom is -0.366 e. The van der Waals surface area contributed by atoms with Crippen LogP contribution < -0.4 is 11.1 Å². The zero-order chi connectivity index (χ0) is 16.9. The number of nitrogens with two attached hydrogens (primary N) is 1. The lowest BCUT2D eigenvalue weighted by Gasteiger charge is -2.09. The van der Waals surface area contributed by atoms with Crippen molar-refractivity contribution in [2.24, 2.45) is 5.73 Å². The molecule has 1 heterocycles. The van der Waals surface area contributed by atoms with Crippen LogP contribution in [0, 0.1) is 0 Å². The number of nitrogens with zero attached hydrogens (tertiary/aromatic N) is 2. The monoisotopic (exact) mass is 320 g/mol. The molecular formula is C18H16N4O2. The van der Waals surface area contributed by atoms with E-state index in [4.69, 9.17) is 5.73 Å². The van der Waals surface area contributed by atoms with Gasteiger partial charge in [-0.3, -0.25) is 9.59 Å². The maximum atomic E-state index is 12.3. The van der Waals surface area contributed by atoms with E-state index in [2.05, 4.69) is 10.3 Å². The van der Waals surface area contributed by atoms with Gasteiger partial charge in [0.05, 0.1) is 17.6 Å². The number of aromatic nitrogens is 2. The van der Waals surface area contributed by atoms with Gasteiger partial charge in [0.15, 0.2) is 0 Å². The molecule has 1 aromatic heterocycles. The molecule has 0 aliphatic heterocycles. The molecule has 0 fully saturated rings. The number of hydrogen-bond acceptors (Lipinski definition) is 3. The van der Waals surface area contributed by atoms with Crippen molar-refractivity contribution in [1.82, 2.24) is 9.55 Å². The summed E-state index contributed by atoms with van der Waals surface area (Å²) in [6.45, 7) is 0.687. The molecule has 0 atom stereocenters. The Morgan fingerprint density at radius 2 is 1.83 bits per heavy atom. The number of hydrogen-bond donors (Lipinski definition) is 2. The lowest BCUT2D eigenvalue weighted by atomic mass is 10.1. The van der Waals surface area contributed by atoms with Crippen LogP contribution in [0.3, 0.4) is 0 Å². The number of carbonyl (C=O) groups is 2. The van der Waals surface area contributed by atoms with Gasteiger partial charge in [0.1, 0.15) is 0 Å². The predicted octanol–water partition coefficient (Wildman–Crippen LogP) is 2.28. The Kier molecular flexibility index (Phi) is 4.38. The summed E-state index contributed by atoms with van der Waals surface area (Å²) in [6.07, 6.45) is 5.33. The van der Waals surface area contributed by atoms with E-state index in [1.165, 1.54) is 0 Å². The van der Waals surface area contributed by atoms with Crippen LogP contribution in [-0.4, -0.2) is 21.4 Å². The average molecular weight is 320 g/mol. The van der Waals surface area contributed by atoms with E-state index in [-0.39, 0.29) is 11.5 Å². The largest absolute Gasteiger partial charge is 0.366 e. The van der Waals surface area contributed by atoms with Gasteiger partial charge in [-0.05, 0) is 29.8 Å². The number of benzene rings is 2. The Morgan fingerprint density at radius 1 is 1.08 bits per heavy atom. The minimum absolute atomic E-state index is 0.280. The maximum absolute atomic E-state index is 12.3. The van der Waals surface area contributed by atoms with Crippen molar-refractivity contribution in [3.63, 3.8) is 0 Å². The molecular weight excluding hydrogens is 304 g/mol. The van der Waals surface area contributed by atoms with Gasteiger partial charge in [0.2, 0.25) is 0 Å². The lowest BCUT2D eigenvalue weighted by molar-refractivity contribution is 0.100. The third-order valence-corrected chi connectivity index (χ3v) is 3.58. The summed E-state index contributed by atoms with van der Waals surface area (Å²) in [4.78, 5) is 27.7. The summed E-state index contributed by atoms with van der Waals surface area (Å²) < 4.78 is 1.94. The van der Waals surface area contributed by atoms with Crippen LogP contribution in [0.1, 0.15) is 26.3 Å². The highest BCUT2D eigenvalue weighted by molar-refractivity contribution is 6.08. The standard InChI is InChI=1S/C18H16N4O2/c19-17(23)15-3-1-2-4-16(15)21-18(24)14-7-5-13(6-8-14)11-22-10-9-20-12-22/h1-10,12H,11H2,(H2,19,23)(H,21,24). The van der Waals surface area contributed by atoms with E-state index >= 15 is 0 Å². The summed E-state index contributed by atoms with van der Waals surface area (Å²) in [7, 11) is 0. The van der Waals surface area contributed by atoms with Crippen LogP contribution in [0.25, 0.3) is 0 Å². The Morgan fingerprint density at radius 3 is 2.50 bits per heavy atom. The zero-order valence-corrected chi connectivity index (χ0v) is 12.8. The second-order valence-electron chi connectivity index (χ2n) is 5.30. The Labute approximate surface area is 138 Å². The number of amides is 2. The fraction of sp³-hybridized carbons (Fsp3) is 0.0556. The first-order valence-electron chi connectivity index (χ1n) is 7.38. The van der Waals surface area contributed by atoms with Gasteiger partial charge >= 0.3 is 0 Å². The van der Waals surface area contributed by atoms with Crippen molar-refractivity contribution in [3.8, 4) is 0 Å². The third kappa shape index (κ3) is 3.49. The Balaban J connectivity index is 1.73. The smallest absolute Gasteiger partial charge is 0.255 e. The first-order valence-corrected chi connectivity index (χ1v) is 7.38. The molecule has 0 saturated heterocycles. The highest BCUT2D eigenvalue weighted by Crippen LogP contribution is 2.16. The van der Waals surface area contributed by atoms with Crippen LogP contribution in [0.2, 0.25) is 0 Å². The van der Waals surface area contributed by atoms with E-state index in [1.807, 2.05) is 22.9 Å². The van der Waals surface area contributed by atoms with Crippen molar-refractivity contribution >= 4 is 17.5 Å². The van der Waals surface area contributed by atoms with Crippen molar-refractivity contribution < 1.29 is 9.59 Å². The molecule has 24 heavy (non-hydrogen) atoms. The van der Waals surface area contributed by atoms with Crippen LogP contribution in [0.15, 0.2) is 67.3 Å². The summed E-state index contributed by atoms with van der Waals surface area (Å²) in [6, 6.07) is 13.9. The fourth-order valence-electron chi connectivity index (χ4n) is 2.35. The van der Waals surface area contributed by atoms with E-state index in [1.54, 1.807) is 48.9 Å². The first-order chi connectivity index (χ1) is 11.6. The van der Waals surface area contributed by atoms with Crippen molar-refractivity contribution in [3.05, 3.63) is 83.9 Å².